The highest BCUT2D eigenvalue weighted by molar-refractivity contribution is 7.25. The number of ether oxygens (including phenoxy) is 2. The van der Waals surface area contributed by atoms with Crippen molar-refractivity contribution >= 4 is 43.2 Å². The number of hydrogen-bond donors (Lipinski definition) is 1. The summed E-state index contributed by atoms with van der Waals surface area (Å²) in [5, 5.41) is 3.71. The first-order valence-corrected chi connectivity index (χ1v) is 9.07. The van der Waals surface area contributed by atoms with Gasteiger partial charge in [0.2, 0.25) is 12.7 Å². The SMILES string of the molecule is O=C(Cn1cnc2c(sc3ccccc32)c1=O)Nc1ccc2c(c1)OCO2. The Kier molecular flexibility index (Phi) is 3.58. The predicted molar refractivity (Wildman–Crippen MR) is 103 cm³/mol. The van der Waals surface area contributed by atoms with Crippen molar-refractivity contribution < 1.29 is 14.3 Å². The third-order valence-corrected chi connectivity index (χ3v) is 5.47. The fourth-order valence-electron chi connectivity index (χ4n) is 3.06. The van der Waals surface area contributed by atoms with E-state index in [1.54, 1.807) is 18.2 Å². The fourth-order valence-corrected chi connectivity index (χ4v) is 4.16. The van der Waals surface area contributed by atoms with Gasteiger partial charge in [-0.15, -0.1) is 11.3 Å². The number of anilines is 1. The third-order valence-electron chi connectivity index (χ3n) is 4.32. The van der Waals surface area contributed by atoms with E-state index in [0.29, 0.717) is 27.4 Å². The average molecular weight is 379 g/mol. The largest absolute Gasteiger partial charge is 0.454 e. The maximum atomic E-state index is 12.8. The van der Waals surface area contributed by atoms with Crippen molar-refractivity contribution in [2.45, 2.75) is 6.54 Å². The molecule has 8 heteroatoms. The summed E-state index contributed by atoms with van der Waals surface area (Å²) in [6.07, 6.45) is 1.42. The van der Waals surface area contributed by atoms with Gasteiger partial charge in [0, 0.05) is 21.8 Å². The number of benzene rings is 2. The minimum atomic E-state index is -0.321. The van der Waals surface area contributed by atoms with Crippen molar-refractivity contribution in [1.82, 2.24) is 9.55 Å². The Morgan fingerprint density at radius 2 is 2.04 bits per heavy atom. The first kappa shape index (κ1) is 15.8. The molecule has 134 valence electrons. The summed E-state index contributed by atoms with van der Waals surface area (Å²) in [5.41, 5.74) is 1.03. The van der Waals surface area contributed by atoms with Crippen molar-refractivity contribution in [3.8, 4) is 11.5 Å². The molecule has 2 aromatic carbocycles. The summed E-state index contributed by atoms with van der Waals surface area (Å²) in [7, 11) is 0. The van der Waals surface area contributed by atoms with Crippen LogP contribution in [0.25, 0.3) is 20.3 Å². The lowest BCUT2D eigenvalue weighted by Crippen LogP contribution is -2.27. The number of hydrogen-bond acceptors (Lipinski definition) is 6. The number of aromatic nitrogens is 2. The van der Waals surface area contributed by atoms with Crippen LogP contribution >= 0.6 is 11.3 Å². The Balaban J connectivity index is 1.42. The molecule has 0 radical (unpaired) electrons. The molecule has 1 aliphatic heterocycles. The minimum Gasteiger partial charge on any atom is -0.454 e. The highest BCUT2D eigenvalue weighted by atomic mass is 32.1. The lowest BCUT2D eigenvalue weighted by Gasteiger charge is -2.08. The van der Waals surface area contributed by atoms with Crippen LogP contribution in [-0.2, 0) is 11.3 Å². The number of nitrogens with one attached hydrogen (secondary N) is 1. The zero-order chi connectivity index (χ0) is 18.4. The molecule has 0 saturated carbocycles. The molecule has 7 nitrogen and oxygen atoms in total. The maximum absolute atomic E-state index is 12.8. The lowest BCUT2D eigenvalue weighted by molar-refractivity contribution is -0.116. The van der Waals surface area contributed by atoms with Crippen LogP contribution in [0.2, 0.25) is 0 Å². The molecular formula is C19H13N3O4S. The van der Waals surface area contributed by atoms with E-state index in [9.17, 15) is 9.59 Å². The zero-order valence-electron chi connectivity index (χ0n) is 14.0. The number of carbonyl (C=O) groups is 1. The van der Waals surface area contributed by atoms with Gasteiger partial charge in [-0.2, -0.15) is 0 Å². The molecule has 0 aliphatic carbocycles. The van der Waals surface area contributed by atoms with Gasteiger partial charge in [0.05, 0.1) is 11.8 Å². The van der Waals surface area contributed by atoms with Crippen molar-refractivity contribution in [3.63, 3.8) is 0 Å². The topological polar surface area (TPSA) is 82.5 Å². The Morgan fingerprint density at radius 3 is 2.96 bits per heavy atom. The normalized spacial score (nSPS) is 12.6. The Bertz CT molecular complexity index is 1260. The molecule has 0 bridgehead atoms. The first-order valence-electron chi connectivity index (χ1n) is 8.25. The second-order valence-electron chi connectivity index (χ2n) is 6.07. The molecule has 1 amide bonds. The van der Waals surface area contributed by atoms with E-state index < -0.39 is 0 Å². The highest BCUT2D eigenvalue weighted by Crippen LogP contribution is 2.34. The van der Waals surface area contributed by atoms with Gasteiger partial charge in [-0.3, -0.25) is 14.2 Å². The summed E-state index contributed by atoms with van der Waals surface area (Å²) >= 11 is 1.39. The number of carbonyl (C=O) groups excluding carboxylic acids is 1. The monoisotopic (exact) mass is 379 g/mol. The molecule has 1 N–H and O–H groups in total. The van der Waals surface area contributed by atoms with Gasteiger partial charge in [-0.05, 0) is 18.2 Å². The van der Waals surface area contributed by atoms with Crippen molar-refractivity contribution in [2.24, 2.45) is 0 Å². The Morgan fingerprint density at radius 1 is 1.19 bits per heavy atom. The molecule has 0 atom stereocenters. The van der Waals surface area contributed by atoms with E-state index in [4.69, 9.17) is 9.47 Å². The van der Waals surface area contributed by atoms with Gasteiger partial charge < -0.3 is 14.8 Å². The van der Waals surface area contributed by atoms with Crippen LogP contribution in [-0.4, -0.2) is 22.3 Å². The zero-order valence-corrected chi connectivity index (χ0v) is 14.8. The van der Waals surface area contributed by atoms with Crippen molar-refractivity contribution in [1.29, 1.82) is 0 Å². The van der Waals surface area contributed by atoms with Gasteiger partial charge in [-0.1, -0.05) is 18.2 Å². The standard InChI is InChI=1S/C19H13N3O4S/c23-16(21-11-5-6-13-14(7-11)26-10-25-13)8-22-9-20-17-12-3-1-2-4-15(12)27-18(17)19(22)24/h1-7,9H,8,10H2,(H,21,23). The van der Waals surface area contributed by atoms with Gasteiger partial charge in [0.15, 0.2) is 11.5 Å². The summed E-state index contributed by atoms with van der Waals surface area (Å²) in [4.78, 5) is 29.5. The summed E-state index contributed by atoms with van der Waals surface area (Å²) in [6.45, 7) is 0.0490. The smallest absolute Gasteiger partial charge is 0.271 e. The molecule has 1 aliphatic rings. The Hall–Kier alpha value is -3.39. The molecule has 0 spiro atoms. The minimum absolute atomic E-state index is 0.121. The van der Waals surface area contributed by atoms with Crippen LogP contribution in [0.15, 0.2) is 53.6 Å². The number of amides is 1. The third kappa shape index (κ3) is 2.70. The van der Waals surface area contributed by atoms with Gasteiger partial charge in [0.25, 0.3) is 5.56 Å². The van der Waals surface area contributed by atoms with Crippen LogP contribution in [0.1, 0.15) is 0 Å². The van der Waals surface area contributed by atoms with E-state index in [2.05, 4.69) is 10.3 Å². The van der Waals surface area contributed by atoms with Crippen molar-refractivity contribution in [2.75, 3.05) is 12.1 Å². The second-order valence-corrected chi connectivity index (χ2v) is 7.12. The fraction of sp³-hybridized carbons (Fsp3) is 0.105. The van der Waals surface area contributed by atoms with Gasteiger partial charge in [0.1, 0.15) is 11.2 Å². The highest BCUT2D eigenvalue weighted by Gasteiger charge is 2.16. The molecule has 0 saturated heterocycles. The lowest BCUT2D eigenvalue weighted by atomic mass is 10.2. The molecular weight excluding hydrogens is 366 g/mol. The molecule has 4 aromatic rings. The number of thiophene rings is 1. The van der Waals surface area contributed by atoms with Gasteiger partial charge in [-0.25, -0.2) is 4.98 Å². The molecule has 0 fully saturated rings. The van der Waals surface area contributed by atoms with Gasteiger partial charge >= 0.3 is 0 Å². The molecule has 0 unspecified atom stereocenters. The number of rotatable bonds is 3. The average Bonchev–Trinajstić information content (AvgIpc) is 3.28. The molecule has 27 heavy (non-hydrogen) atoms. The summed E-state index contributed by atoms with van der Waals surface area (Å²) < 4.78 is 13.4. The van der Waals surface area contributed by atoms with Crippen LogP contribution in [0, 0.1) is 0 Å². The van der Waals surface area contributed by atoms with Crippen LogP contribution < -0.4 is 20.3 Å². The number of nitrogens with zero attached hydrogens (tertiary/aromatic N) is 2. The van der Waals surface area contributed by atoms with Crippen LogP contribution in [0.4, 0.5) is 5.69 Å². The summed E-state index contributed by atoms with van der Waals surface area (Å²) in [6, 6.07) is 12.9. The second kappa shape index (κ2) is 6.10. The predicted octanol–water partition coefficient (Wildman–Crippen LogP) is 2.98. The van der Waals surface area contributed by atoms with E-state index in [1.807, 2.05) is 24.3 Å². The van der Waals surface area contributed by atoms with Crippen LogP contribution in [0.3, 0.4) is 0 Å². The summed E-state index contributed by atoms with van der Waals surface area (Å²) in [5.74, 6) is 0.903. The molecule has 2 aromatic heterocycles. The molecule has 5 rings (SSSR count). The van der Waals surface area contributed by atoms with E-state index in [1.165, 1.54) is 22.2 Å². The van der Waals surface area contributed by atoms with Crippen molar-refractivity contribution in [3.05, 3.63) is 59.1 Å². The van der Waals surface area contributed by atoms with E-state index >= 15 is 0 Å². The molecule has 3 heterocycles. The first-order chi connectivity index (χ1) is 13.2. The van der Waals surface area contributed by atoms with Crippen LogP contribution in [0.5, 0.6) is 11.5 Å². The maximum Gasteiger partial charge on any atom is 0.271 e. The Labute approximate surface area is 156 Å². The van der Waals surface area contributed by atoms with E-state index in [0.717, 1.165) is 10.1 Å². The quantitative estimate of drug-likeness (QED) is 0.592. The number of fused-ring (bicyclic) bond motifs is 4. The van der Waals surface area contributed by atoms with E-state index in [-0.39, 0.29) is 24.8 Å².